The van der Waals surface area contributed by atoms with E-state index < -0.39 is 0 Å². The Bertz CT molecular complexity index is 603. The first-order chi connectivity index (χ1) is 7.99. The van der Waals surface area contributed by atoms with E-state index in [0.717, 1.165) is 27.7 Å². The van der Waals surface area contributed by atoms with Crippen LogP contribution in [0.5, 0.6) is 0 Å². The molecular formula is C14H16N2O. The van der Waals surface area contributed by atoms with Crippen molar-refractivity contribution < 1.29 is 4.79 Å². The van der Waals surface area contributed by atoms with Crippen LogP contribution in [0, 0.1) is 20.8 Å². The number of nitrogens with two attached hydrogens (primary N) is 1. The fraction of sp³-hybridized carbons (Fsp3) is 0.286. The molecule has 0 aliphatic carbocycles. The van der Waals surface area contributed by atoms with Crippen LogP contribution in [0.15, 0.2) is 18.2 Å². The van der Waals surface area contributed by atoms with Crippen molar-refractivity contribution in [3.8, 4) is 0 Å². The zero-order valence-electron chi connectivity index (χ0n) is 10.4. The average molecular weight is 228 g/mol. The predicted molar refractivity (Wildman–Crippen MR) is 68.9 cm³/mol. The minimum absolute atomic E-state index is 0.266. The number of pyridine rings is 1. The van der Waals surface area contributed by atoms with Crippen LogP contribution in [0.3, 0.4) is 0 Å². The lowest BCUT2D eigenvalue weighted by atomic mass is 9.99. The highest BCUT2D eigenvalue weighted by molar-refractivity contribution is 5.90. The number of benzene rings is 1. The monoisotopic (exact) mass is 228 g/mol. The second-order valence-corrected chi connectivity index (χ2v) is 4.47. The number of carbonyl (C=O) groups excluding carboxylic acids is 1. The number of aromatic nitrogens is 1. The number of amides is 1. The molecule has 0 unspecified atom stereocenters. The molecule has 0 aliphatic rings. The van der Waals surface area contributed by atoms with Crippen LogP contribution in [-0.2, 0) is 11.2 Å². The van der Waals surface area contributed by atoms with Gasteiger partial charge in [-0.05, 0) is 43.5 Å². The van der Waals surface area contributed by atoms with Crippen molar-refractivity contribution in [2.45, 2.75) is 27.2 Å². The molecule has 3 heteroatoms. The van der Waals surface area contributed by atoms with Gasteiger partial charge in [0.25, 0.3) is 0 Å². The third-order valence-corrected chi connectivity index (χ3v) is 3.08. The maximum absolute atomic E-state index is 11.1. The summed E-state index contributed by atoms with van der Waals surface area (Å²) in [5, 5.41) is 1.03. The molecule has 3 nitrogen and oxygen atoms in total. The molecule has 0 fully saturated rings. The molecule has 1 heterocycles. The molecule has 88 valence electrons. The van der Waals surface area contributed by atoms with Gasteiger partial charge in [-0.3, -0.25) is 9.78 Å². The van der Waals surface area contributed by atoms with Gasteiger partial charge in [0.15, 0.2) is 0 Å². The van der Waals surface area contributed by atoms with Gasteiger partial charge in [0.1, 0.15) is 0 Å². The summed E-state index contributed by atoms with van der Waals surface area (Å²) in [5.74, 6) is -0.310. The van der Waals surface area contributed by atoms with E-state index in [1.165, 1.54) is 5.56 Å². The molecule has 2 aromatic rings. The average Bonchev–Trinajstić information content (AvgIpc) is 2.23. The van der Waals surface area contributed by atoms with Crippen LogP contribution < -0.4 is 5.73 Å². The predicted octanol–water partition coefficient (Wildman–Crippen LogP) is 2.19. The van der Waals surface area contributed by atoms with Gasteiger partial charge in [-0.25, -0.2) is 0 Å². The highest BCUT2D eigenvalue weighted by atomic mass is 16.1. The molecule has 17 heavy (non-hydrogen) atoms. The molecule has 2 rings (SSSR count). The highest BCUT2D eigenvalue weighted by Crippen LogP contribution is 2.24. The van der Waals surface area contributed by atoms with E-state index in [0.29, 0.717) is 0 Å². The van der Waals surface area contributed by atoms with Gasteiger partial charge in [-0.2, -0.15) is 0 Å². The molecule has 0 saturated heterocycles. The van der Waals surface area contributed by atoms with Crippen molar-refractivity contribution in [1.29, 1.82) is 0 Å². The van der Waals surface area contributed by atoms with Gasteiger partial charge in [0, 0.05) is 11.1 Å². The van der Waals surface area contributed by atoms with Crippen LogP contribution in [-0.4, -0.2) is 10.9 Å². The summed E-state index contributed by atoms with van der Waals surface area (Å²) in [5.41, 5.74) is 10.5. The van der Waals surface area contributed by atoms with Crippen LogP contribution in [0.1, 0.15) is 22.4 Å². The molecule has 0 spiro atoms. The number of hydrogen-bond donors (Lipinski definition) is 1. The Labute approximate surface area is 101 Å². The quantitative estimate of drug-likeness (QED) is 0.856. The maximum atomic E-state index is 11.1. The summed E-state index contributed by atoms with van der Waals surface area (Å²) >= 11 is 0. The van der Waals surface area contributed by atoms with Gasteiger partial charge in [-0.15, -0.1) is 0 Å². The lowest BCUT2D eigenvalue weighted by Crippen LogP contribution is -2.14. The molecule has 2 N–H and O–H groups in total. The second-order valence-electron chi connectivity index (χ2n) is 4.47. The van der Waals surface area contributed by atoms with Gasteiger partial charge < -0.3 is 5.73 Å². The van der Waals surface area contributed by atoms with E-state index in [1.807, 2.05) is 19.1 Å². The van der Waals surface area contributed by atoms with Crippen LogP contribution >= 0.6 is 0 Å². The topological polar surface area (TPSA) is 56.0 Å². The number of nitrogens with zero attached hydrogens (tertiary/aromatic N) is 1. The third kappa shape index (κ3) is 2.13. The Hall–Kier alpha value is -1.90. The zero-order valence-corrected chi connectivity index (χ0v) is 10.4. The Morgan fingerprint density at radius 1 is 1.29 bits per heavy atom. The van der Waals surface area contributed by atoms with E-state index in [1.54, 1.807) is 0 Å². The SMILES string of the molecule is Cc1cc(CC(N)=O)c2ccc(C)c(C)c2n1. The first-order valence-electron chi connectivity index (χ1n) is 5.64. The number of aryl methyl sites for hydroxylation is 3. The summed E-state index contributed by atoms with van der Waals surface area (Å²) in [7, 11) is 0. The Kier molecular flexibility index (Phi) is 2.84. The summed E-state index contributed by atoms with van der Waals surface area (Å²) < 4.78 is 0. The normalized spacial score (nSPS) is 10.8. The van der Waals surface area contributed by atoms with Crippen LogP contribution in [0.4, 0.5) is 0 Å². The molecule has 1 aromatic carbocycles. The minimum Gasteiger partial charge on any atom is -0.369 e. The molecule has 0 saturated carbocycles. The Morgan fingerprint density at radius 3 is 2.65 bits per heavy atom. The third-order valence-electron chi connectivity index (χ3n) is 3.08. The largest absolute Gasteiger partial charge is 0.369 e. The van der Waals surface area contributed by atoms with E-state index in [4.69, 9.17) is 5.73 Å². The molecular weight excluding hydrogens is 212 g/mol. The number of primary amides is 1. The first-order valence-corrected chi connectivity index (χ1v) is 5.64. The first kappa shape index (κ1) is 11.6. The Morgan fingerprint density at radius 2 is 2.00 bits per heavy atom. The van der Waals surface area contributed by atoms with Crippen LogP contribution in [0.25, 0.3) is 10.9 Å². The highest BCUT2D eigenvalue weighted by Gasteiger charge is 2.09. The lowest BCUT2D eigenvalue weighted by Gasteiger charge is -2.10. The summed E-state index contributed by atoms with van der Waals surface area (Å²) in [4.78, 5) is 15.6. The summed E-state index contributed by atoms with van der Waals surface area (Å²) in [6.07, 6.45) is 0.266. The van der Waals surface area contributed by atoms with Gasteiger partial charge >= 0.3 is 0 Å². The van der Waals surface area contributed by atoms with Crippen LogP contribution in [0.2, 0.25) is 0 Å². The van der Waals surface area contributed by atoms with Crippen molar-refractivity contribution in [2.75, 3.05) is 0 Å². The molecule has 0 atom stereocenters. The molecule has 1 aromatic heterocycles. The fourth-order valence-electron chi connectivity index (χ4n) is 2.08. The second kappa shape index (κ2) is 4.17. The smallest absolute Gasteiger partial charge is 0.221 e. The molecule has 1 amide bonds. The number of hydrogen-bond acceptors (Lipinski definition) is 2. The number of carbonyl (C=O) groups is 1. The van der Waals surface area contributed by atoms with Crippen molar-refractivity contribution in [3.05, 3.63) is 40.6 Å². The van der Waals surface area contributed by atoms with Crippen molar-refractivity contribution in [2.24, 2.45) is 5.73 Å². The molecule has 0 radical (unpaired) electrons. The van der Waals surface area contributed by atoms with Crippen molar-refractivity contribution >= 4 is 16.8 Å². The van der Waals surface area contributed by atoms with E-state index in [9.17, 15) is 4.79 Å². The zero-order chi connectivity index (χ0) is 12.6. The Balaban J connectivity index is 2.76. The summed E-state index contributed by atoms with van der Waals surface area (Å²) in [6.45, 7) is 6.05. The van der Waals surface area contributed by atoms with Gasteiger partial charge in [-0.1, -0.05) is 12.1 Å². The van der Waals surface area contributed by atoms with E-state index >= 15 is 0 Å². The van der Waals surface area contributed by atoms with E-state index in [2.05, 4.69) is 24.9 Å². The maximum Gasteiger partial charge on any atom is 0.221 e. The number of rotatable bonds is 2. The lowest BCUT2D eigenvalue weighted by molar-refractivity contribution is -0.117. The number of fused-ring (bicyclic) bond motifs is 1. The van der Waals surface area contributed by atoms with Gasteiger partial charge in [0.2, 0.25) is 5.91 Å². The molecule has 0 bridgehead atoms. The van der Waals surface area contributed by atoms with Gasteiger partial charge in [0.05, 0.1) is 11.9 Å². The standard InChI is InChI=1S/C14H16N2O/c1-8-4-5-12-11(7-13(15)17)6-9(2)16-14(12)10(8)3/h4-6H,7H2,1-3H3,(H2,15,17). The summed E-state index contributed by atoms with van der Waals surface area (Å²) in [6, 6.07) is 6.00. The fourth-order valence-corrected chi connectivity index (χ4v) is 2.08. The van der Waals surface area contributed by atoms with E-state index in [-0.39, 0.29) is 12.3 Å². The molecule has 0 aliphatic heterocycles. The van der Waals surface area contributed by atoms with Crippen molar-refractivity contribution in [1.82, 2.24) is 4.98 Å². The van der Waals surface area contributed by atoms with Crippen molar-refractivity contribution in [3.63, 3.8) is 0 Å². The minimum atomic E-state index is -0.310.